The number of nitro benzene ring substituents is 1. The molecular weight excluding hydrogens is 486 g/mol. The summed E-state index contributed by atoms with van der Waals surface area (Å²) in [7, 11) is 3.15. The number of benzene rings is 4. The van der Waals surface area contributed by atoms with Crippen molar-refractivity contribution in [1.82, 2.24) is 0 Å². The highest BCUT2D eigenvalue weighted by atomic mass is 16.6. The molecule has 8 nitrogen and oxygen atoms in total. The van der Waals surface area contributed by atoms with E-state index in [-0.39, 0.29) is 12.1 Å². The van der Waals surface area contributed by atoms with Crippen molar-refractivity contribution in [3.63, 3.8) is 0 Å². The van der Waals surface area contributed by atoms with Crippen LogP contribution in [0.2, 0.25) is 0 Å². The first-order valence-corrected chi connectivity index (χ1v) is 11.8. The largest absolute Gasteiger partial charge is 0.497 e. The summed E-state index contributed by atoms with van der Waals surface area (Å²) in [6.45, 7) is 0. The molecule has 1 unspecified atom stereocenters. The summed E-state index contributed by atoms with van der Waals surface area (Å²) in [6, 6.07) is 27.0. The smallest absolute Gasteiger partial charge is 0.311 e. The molecule has 8 heteroatoms. The molecule has 0 saturated carbocycles. The summed E-state index contributed by atoms with van der Waals surface area (Å²) in [5, 5.41) is 32.9. The van der Waals surface area contributed by atoms with Crippen LogP contribution in [0.25, 0.3) is 0 Å². The van der Waals surface area contributed by atoms with Gasteiger partial charge in [-0.1, -0.05) is 60.7 Å². The van der Waals surface area contributed by atoms with Gasteiger partial charge in [0.25, 0.3) is 5.69 Å². The highest BCUT2D eigenvalue weighted by Gasteiger charge is 2.34. The van der Waals surface area contributed by atoms with E-state index in [9.17, 15) is 25.1 Å². The van der Waals surface area contributed by atoms with Crippen LogP contribution in [0, 0.1) is 10.1 Å². The first kappa shape index (κ1) is 26.4. The Labute approximate surface area is 219 Å². The molecule has 0 heterocycles. The zero-order valence-electron chi connectivity index (χ0n) is 20.9. The number of non-ortho nitro benzene ring substituents is 1. The minimum Gasteiger partial charge on any atom is -0.497 e. The van der Waals surface area contributed by atoms with Crippen molar-refractivity contribution in [1.29, 1.82) is 0 Å². The maximum absolute atomic E-state index is 12.1. The number of nitrogens with zero attached hydrogens (tertiary/aromatic N) is 1. The van der Waals surface area contributed by atoms with Crippen molar-refractivity contribution in [3.05, 3.63) is 135 Å². The summed E-state index contributed by atoms with van der Waals surface area (Å²) >= 11 is 0. The van der Waals surface area contributed by atoms with Crippen LogP contribution in [-0.2, 0) is 16.8 Å². The van der Waals surface area contributed by atoms with E-state index in [1.807, 2.05) is 0 Å². The Balaban J connectivity index is 1.68. The van der Waals surface area contributed by atoms with Crippen LogP contribution >= 0.6 is 0 Å². The first-order chi connectivity index (χ1) is 18.3. The van der Waals surface area contributed by atoms with E-state index < -0.39 is 22.4 Å². The maximum Gasteiger partial charge on any atom is 0.311 e. The molecule has 194 valence electrons. The molecule has 4 aromatic rings. The quantitative estimate of drug-likeness (QED) is 0.168. The van der Waals surface area contributed by atoms with Crippen LogP contribution in [0.1, 0.15) is 33.7 Å². The summed E-state index contributed by atoms with van der Waals surface area (Å²) in [5.41, 5.74) is 1.47. The van der Waals surface area contributed by atoms with Crippen LogP contribution in [0.3, 0.4) is 0 Å². The lowest BCUT2D eigenvalue weighted by atomic mass is 9.79. The van der Waals surface area contributed by atoms with Crippen LogP contribution in [-0.4, -0.2) is 35.3 Å². The zero-order valence-corrected chi connectivity index (χ0v) is 20.9. The molecule has 4 aromatic carbocycles. The van der Waals surface area contributed by atoms with Gasteiger partial charge in [-0.2, -0.15) is 0 Å². The monoisotopic (exact) mass is 513 g/mol. The second-order valence-electron chi connectivity index (χ2n) is 8.81. The lowest BCUT2D eigenvalue weighted by molar-refractivity contribution is -0.384. The predicted molar refractivity (Wildman–Crippen MR) is 142 cm³/mol. The van der Waals surface area contributed by atoms with Crippen molar-refractivity contribution in [2.24, 2.45) is 0 Å². The molecule has 38 heavy (non-hydrogen) atoms. The SMILES string of the molecule is COc1ccc(C(O)(c2ccc(CC(C(=O)O)c3ccc([N+](=O)[O-])cc3)cc2)c2ccc(OC)cc2)cc1. The van der Waals surface area contributed by atoms with Gasteiger partial charge in [0.15, 0.2) is 0 Å². The predicted octanol–water partition coefficient (Wildman–Crippen LogP) is 5.31. The number of hydrogen-bond donors (Lipinski definition) is 2. The Morgan fingerprint density at radius 2 is 1.21 bits per heavy atom. The number of carbonyl (C=O) groups is 1. The first-order valence-electron chi connectivity index (χ1n) is 11.8. The van der Waals surface area contributed by atoms with Gasteiger partial charge in [-0.15, -0.1) is 0 Å². The third kappa shape index (κ3) is 5.35. The van der Waals surface area contributed by atoms with Gasteiger partial charge in [0, 0.05) is 12.1 Å². The van der Waals surface area contributed by atoms with Gasteiger partial charge < -0.3 is 19.7 Å². The normalized spacial score (nSPS) is 12.0. The number of nitro groups is 1. The molecule has 0 spiro atoms. The average molecular weight is 514 g/mol. The van der Waals surface area contributed by atoms with Gasteiger partial charge >= 0.3 is 5.97 Å². The van der Waals surface area contributed by atoms with E-state index in [2.05, 4.69) is 0 Å². The molecule has 0 bridgehead atoms. The van der Waals surface area contributed by atoms with E-state index >= 15 is 0 Å². The van der Waals surface area contributed by atoms with Crippen molar-refractivity contribution in [2.75, 3.05) is 14.2 Å². The molecule has 0 saturated heterocycles. The number of aliphatic hydroxyl groups is 1. The summed E-state index contributed by atoms with van der Waals surface area (Å²) in [5.74, 6) is -0.598. The van der Waals surface area contributed by atoms with Gasteiger partial charge in [-0.05, 0) is 58.5 Å². The van der Waals surface area contributed by atoms with Gasteiger partial charge in [0.2, 0.25) is 0 Å². The second kappa shape index (κ2) is 11.1. The Bertz CT molecular complexity index is 1350. The summed E-state index contributed by atoms with van der Waals surface area (Å²) in [6.07, 6.45) is 0.178. The molecule has 0 aromatic heterocycles. The molecule has 0 radical (unpaired) electrons. The molecule has 1 atom stereocenters. The summed E-state index contributed by atoms with van der Waals surface area (Å²) in [4.78, 5) is 22.5. The third-order valence-electron chi connectivity index (χ3n) is 6.63. The number of carboxylic acid groups (broad SMARTS) is 1. The molecule has 4 rings (SSSR count). The van der Waals surface area contributed by atoms with Crippen LogP contribution in [0.5, 0.6) is 11.5 Å². The molecule has 0 aliphatic rings. The van der Waals surface area contributed by atoms with Gasteiger partial charge in [-0.3, -0.25) is 14.9 Å². The fourth-order valence-electron chi connectivity index (χ4n) is 4.46. The van der Waals surface area contributed by atoms with Crippen molar-refractivity contribution in [2.45, 2.75) is 17.9 Å². The van der Waals surface area contributed by atoms with Crippen LogP contribution in [0.15, 0.2) is 97.1 Å². The number of hydrogen-bond acceptors (Lipinski definition) is 6. The van der Waals surface area contributed by atoms with Crippen molar-refractivity contribution in [3.8, 4) is 11.5 Å². The lowest BCUT2D eigenvalue weighted by Gasteiger charge is -2.30. The number of ether oxygens (including phenoxy) is 2. The fraction of sp³-hybridized carbons (Fsp3) is 0.167. The maximum atomic E-state index is 12.1. The molecule has 0 amide bonds. The van der Waals surface area contributed by atoms with Gasteiger partial charge in [-0.25, -0.2) is 0 Å². The molecule has 2 N–H and O–H groups in total. The van der Waals surface area contributed by atoms with E-state index in [0.717, 1.165) is 5.56 Å². The van der Waals surface area contributed by atoms with E-state index in [1.54, 1.807) is 87.0 Å². The molecule has 0 aliphatic heterocycles. The van der Waals surface area contributed by atoms with Gasteiger partial charge in [0.05, 0.1) is 25.1 Å². The Morgan fingerprint density at radius 3 is 1.58 bits per heavy atom. The average Bonchev–Trinajstić information content (AvgIpc) is 2.95. The Kier molecular flexibility index (Phi) is 7.74. The molecular formula is C30H27NO7. The number of methoxy groups -OCH3 is 2. The highest BCUT2D eigenvalue weighted by Crippen LogP contribution is 2.38. The third-order valence-corrected chi connectivity index (χ3v) is 6.63. The Morgan fingerprint density at radius 1 is 0.789 bits per heavy atom. The fourth-order valence-corrected chi connectivity index (χ4v) is 4.46. The zero-order chi connectivity index (χ0) is 27.3. The van der Waals surface area contributed by atoms with Crippen LogP contribution < -0.4 is 9.47 Å². The van der Waals surface area contributed by atoms with Crippen molar-refractivity contribution >= 4 is 11.7 Å². The van der Waals surface area contributed by atoms with Crippen LogP contribution in [0.4, 0.5) is 5.69 Å². The van der Waals surface area contributed by atoms with Crippen molar-refractivity contribution < 1.29 is 29.4 Å². The number of carboxylic acids is 1. The Hall–Kier alpha value is -4.69. The topological polar surface area (TPSA) is 119 Å². The standard InChI is InChI=1S/C30H27NO7/c1-37-26-15-9-23(10-16-26)30(34,24-11-17-27(38-2)18-12-24)22-7-3-20(4-8-22)19-28(29(32)33)21-5-13-25(14-6-21)31(35)36/h3-18,28,34H,19H2,1-2H3,(H,32,33). The molecule has 0 aliphatic carbocycles. The van der Waals surface area contributed by atoms with Gasteiger partial charge in [0.1, 0.15) is 17.1 Å². The number of rotatable bonds is 10. The second-order valence-corrected chi connectivity index (χ2v) is 8.81. The summed E-state index contributed by atoms with van der Waals surface area (Å²) < 4.78 is 10.5. The molecule has 0 fully saturated rings. The lowest BCUT2D eigenvalue weighted by Crippen LogP contribution is -2.28. The highest BCUT2D eigenvalue weighted by molar-refractivity contribution is 5.76. The minimum absolute atomic E-state index is 0.0985. The van der Waals surface area contributed by atoms with E-state index in [4.69, 9.17) is 9.47 Å². The van der Waals surface area contributed by atoms with E-state index in [0.29, 0.717) is 33.8 Å². The van der Waals surface area contributed by atoms with E-state index in [1.165, 1.54) is 24.3 Å². The number of aliphatic carboxylic acids is 1. The minimum atomic E-state index is -1.50.